The average Bonchev–Trinajstić information content (AvgIpc) is 2.79. The van der Waals surface area contributed by atoms with E-state index in [1.807, 2.05) is 54.6 Å². The zero-order chi connectivity index (χ0) is 20.1. The largest absolute Gasteiger partial charge is 0.378 e. The third-order valence-electron chi connectivity index (χ3n) is 4.80. The minimum Gasteiger partial charge on any atom is -0.378 e. The van der Waals surface area contributed by atoms with Crippen LogP contribution in [0.15, 0.2) is 65.4 Å². The first kappa shape index (κ1) is 19.5. The highest BCUT2D eigenvalue weighted by atomic mass is 79.9. The van der Waals surface area contributed by atoms with Crippen LogP contribution in [0.2, 0.25) is 0 Å². The van der Waals surface area contributed by atoms with E-state index in [4.69, 9.17) is 4.74 Å². The molecule has 3 aromatic rings. The van der Waals surface area contributed by atoms with E-state index in [9.17, 15) is 4.79 Å². The van der Waals surface area contributed by atoms with Gasteiger partial charge in [-0.3, -0.25) is 4.79 Å². The van der Waals surface area contributed by atoms with E-state index in [-0.39, 0.29) is 5.91 Å². The summed E-state index contributed by atoms with van der Waals surface area (Å²) in [5.41, 5.74) is 3.46. The Labute approximate surface area is 178 Å². The summed E-state index contributed by atoms with van der Waals surface area (Å²) < 4.78 is 6.42. The molecule has 1 N–H and O–H groups in total. The van der Waals surface area contributed by atoms with Crippen molar-refractivity contribution in [2.24, 2.45) is 0 Å². The van der Waals surface area contributed by atoms with Gasteiger partial charge in [-0.05, 0) is 29.8 Å². The molecule has 7 heteroatoms. The van der Waals surface area contributed by atoms with Gasteiger partial charge in [-0.25, -0.2) is 9.97 Å². The third kappa shape index (κ3) is 4.99. The number of nitrogens with zero attached hydrogens (tertiary/aromatic N) is 3. The maximum absolute atomic E-state index is 12.4. The van der Waals surface area contributed by atoms with E-state index in [1.165, 1.54) is 0 Å². The first-order chi connectivity index (χ1) is 14.2. The predicted molar refractivity (Wildman–Crippen MR) is 116 cm³/mol. The molecule has 4 rings (SSSR count). The lowest BCUT2D eigenvalue weighted by atomic mass is 10.1. The summed E-state index contributed by atoms with van der Waals surface area (Å²) >= 11 is 3.41. The lowest BCUT2D eigenvalue weighted by Crippen LogP contribution is -2.36. The molecule has 148 valence electrons. The van der Waals surface area contributed by atoms with E-state index in [0.29, 0.717) is 25.3 Å². The van der Waals surface area contributed by atoms with Gasteiger partial charge in [0.2, 0.25) is 0 Å². The van der Waals surface area contributed by atoms with Gasteiger partial charge >= 0.3 is 0 Å². The number of hydrogen-bond acceptors (Lipinski definition) is 5. The summed E-state index contributed by atoms with van der Waals surface area (Å²) in [4.78, 5) is 23.4. The normalized spacial score (nSPS) is 13.9. The number of ether oxygens (including phenoxy) is 1. The monoisotopic (exact) mass is 452 g/mol. The number of nitrogens with one attached hydrogen (secondary N) is 1. The number of hydrogen-bond donors (Lipinski definition) is 1. The Balaban J connectivity index is 1.42. The molecular weight excluding hydrogens is 432 g/mol. The smallest absolute Gasteiger partial charge is 0.251 e. The van der Waals surface area contributed by atoms with Crippen LogP contribution in [-0.4, -0.2) is 42.2 Å². The number of halogens is 1. The van der Waals surface area contributed by atoms with Gasteiger partial charge in [0.05, 0.1) is 18.9 Å². The molecule has 0 aliphatic carbocycles. The molecule has 6 nitrogen and oxygen atoms in total. The average molecular weight is 453 g/mol. The van der Waals surface area contributed by atoms with Crippen LogP contribution in [0.25, 0.3) is 11.3 Å². The lowest BCUT2D eigenvalue weighted by Gasteiger charge is -2.27. The van der Waals surface area contributed by atoms with Crippen LogP contribution in [-0.2, 0) is 11.3 Å². The molecule has 1 saturated heterocycles. The maximum atomic E-state index is 12.4. The van der Waals surface area contributed by atoms with Crippen molar-refractivity contribution in [2.45, 2.75) is 6.54 Å². The van der Waals surface area contributed by atoms with Crippen molar-refractivity contribution < 1.29 is 9.53 Å². The van der Waals surface area contributed by atoms with Crippen molar-refractivity contribution in [3.63, 3.8) is 0 Å². The fourth-order valence-corrected chi connectivity index (χ4v) is 3.41. The van der Waals surface area contributed by atoms with E-state index in [1.54, 1.807) is 6.33 Å². The third-order valence-corrected chi connectivity index (χ3v) is 5.33. The number of aromatic nitrogens is 2. The van der Waals surface area contributed by atoms with Gasteiger partial charge in [0.1, 0.15) is 12.1 Å². The maximum Gasteiger partial charge on any atom is 0.251 e. The number of morpholine rings is 1. The summed E-state index contributed by atoms with van der Waals surface area (Å²) in [5, 5.41) is 2.95. The van der Waals surface area contributed by atoms with Gasteiger partial charge in [-0.1, -0.05) is 40.2 Å². The fourth-order valence-electron chi connectivity index (χ4n) is 3.15. The van der Waals surface area contributed by atoms with E-state index < -0.39 is 0 Å². The molecule has 1 aromatic heterocycles. The van der Waals surface area contributed by atoms with Gasteiger partial charge in [0.25, 0.3) is 5.91 Å². The topological polar surface area (TPSA) is 67.4 Å². The molecule has 0 bridgehead atoms. The van der Waals surface area contributed by atoms with Crippen LogP contribution in [0.4, 0.5) is 5.82 Å². The first-order valence-electron chi connectivity index (χ1n) is 9.47. The molecule has 2 heterocycles. The molecule has 1 amide bonds. The Hall–Kier alpha value is -2.77. The Morgan fingerprint density at radius 3 is 2.48 bits per heavy atom. The highest BCUT2D eigenvalue weighted by molar-refractivity contribution is 9.10. The molecule has 1 fully saturated rings. The Morgan fingerprint density at radius 1 is 1.03 bits per heavy atom. The number of rotatable bonds is 5. The van der Waals surface area contributed by atoms with Gasteiger partial charge in [-0.2, -0.15) is 0 Å². The molecule has 29 heavy (non-hydrogen) atoms. The zero-order valence-electron chi connectivity index (χ0n) is 15.8. The van der Waals surface area contributed by atoms with Crippen molar-refractivity contribution in [3.8, 4) is 11.3 Å². The van der Waals surface area contributed by atoms with E-state index >= 15 is 0 Å². The second kappa shape index (κ2) is 9.15. The SMILES string of the molecule is O=C(NCc1ccc(Br)cc1)c1ccc(-c2cc(N3CCOCC3)ncn2)cc1. The van der Waals surface area contributed by atoms with Crippen molar-refractivity contribution in [1.82, 2.24) is 15.3 Å². The highest BCUT2D eigenvalue weighted by Gasteiger charge is 2.14. The Morgan fingerprint density at radius 2 is 1.76 bits per heavy atom. The number of benzene rings is 2. The zero-order valence-corrected chi connectivity index (χ0v) is 17.4. The van der Waals surface area contributed by atoms with Crippen LogP contribution in [0.3, 0.4) is 0 Å². The summed E-state index contributed by atoms with van der Waals surface area (Å²) in [6.07, 6.45) is 1.58. The number of carbonyl (C=O) groups is 1. The van der Waals surface area contributed by atoms with Gasteiger partial charge in [-0.15, -0.1) is 0 Å². The molecule has 0 unspecified atom stereocenters. The molecule has 0 radical (unpaired) electrons. The van der Waals surface area contributed by atoms with E-state index in [0.717, 1.165) is 40.2 Å². The fraction of sp³-hybridized carbons (Fsp3) is 0.227. The van der Waals surface area contributed by atoms with Gasteiger partial charge in [0.15, 0.2) is 0 Å². The number of anilines is 1. The minimum absolute atomic E-state index is 0.101. The molecule has 0 atom stereocenters. The molecule has 1 aliphatic rings. The van der Waals surface area contributed by atoms with Gasteiger partial charge < -0.3 is 15.0 Å². The summed E-state index contributed by atoms with van der Waals surface area (Å²) in [5.74, 6) is 0.797. The standard InChI is InChI=1S/C22H21BrN4O2/c23-19-7-1-16(2-8-19)14-24-22(28)18-5-3-17(4-6-18)20-13-21(26-15-25-20)27-9-11-29-12-10-27/h1-8,13,15H,9-12,14H2,(H,24,28). The van der Waals surface area contributed by atoms with Crippen molar-refractivity contribution in [3.05, 3.63) is 76.5 Å². The summed E-state index contributed by atoms with van der Waals surface area (Å²) in [6, 6.07) is 17.3. The highest BCUT2D eigenvalue weighted by Crippen LogP contribution is 2.22. The molecule has 1 aliphatic heterocycles. The Bertz CT molecular complexity index is 971. The second-order valence-electron chi connectivity index (χ2n) is 6.75. The van der Waals surface area contributed by atoms with Crippen LogP contribution in [0.5, 0.6) is 0 Å². The number of amides is 1. The summed E-state index contributed by atoms with van der Waals surface area (Å²) in [7, 11) is 0. The quantitative estimate of drug-likeness (QED) is 0.639. The second-order valence-corrected chi connectivity index (χ2v) is 7.66. The molecular formula is C22H21BrN4O2. The predicted octanol–water partition coefficient (Wildman–Crippen LogP) is 3.67. The lowest BCUT2D eigenvalue weighted by molar-refractivity contribution is 0.0951. The van der Waals surface area contributed by atoms with Crippen molar-refractivity contribution in [2.75, 3.05) is 31.2 Å². The van der Waals surface area contributed by atoms with Crippen molar-refractivity contribution in [1.29, 1.82) is 0 Å². The van der Waals surface area contributed by atoms with Crippen LogP contribution < -0.4 is 10.2 Å². The van der Waals surface area contributed by atoms with Crippen molar-refractivity contribution >= 4 is 27.7 Å². The summed E-state index contributed by atoms with van der Waals surface area (Å²) in [6.45, 7) is 3.57. The number of carbonyl (C=O) groups excluding carboxylic acids is 1. The molecule has 0 spiro atoms. The van der Waals surface area contributed by atoms with E-state index in [2.05, 4.69) is 36.1 Å². The first-order valence-corrected chi connectivity index (χ1v) is 10.3. The molecule has 2 aromatic carbocycles. The van der Waals surface area contributed by atoms with Crippen LogP contribution in [0, 0.1) is 0 Å². The van der Waals surface area contributed by atoms with Crippen LogP contribution >= 0.6 is 15.9 Å². The minimum atomic E-state index is -0.101. The molecule has 0 saturated carbocycles. The Kier molecular flexibility index (Phi) is 6.17. The van der Waals surface area contributed by atoms with Gasteiger partial charge in [0, 0.05) is 41.3 Å². The van der Waals surface area contributed by atoms with Crippen LogP contribution in [0.1, 0.15) is 15.9 Å².